The van der Waals surface area contributed by atoms with Gasteiger partial charge in [0.2, 0.25) is 11.8 Å². The summed E-state index contributed by atoms with van der Waals surface area (Å²) < 4.78 is 13.2. The van der Waals surface area contributed by atoms with Crippen LogP contribution in [0.4, 0.5) is 0 Å². The molecule has 0 spiro atoms. The normalized spacial score (nSPS) is 33.7. The zero-order chi connectivity index (χ0) is 21.9. The van der Waals surface area contributed by atoms with Gasteiger partial charge in [0.05, 0.1) is 12.2 Å². The minimum atomic E-state index is -0.320. The molecule has 1 aromatic carbocycles. The van der Waals surface area contributed by atoms with Crippen molar-refractivity contribution < 1.29 is 19.1 Å². The van der Waals surface area contributed by atoms with Crippen molar-refractivity contribution in [3.05, 3.63) is 29.3 Å². The number of amides is 2. The van der Waals surface area contributed by atoms with Crippen LogP contribution in [0.5, 0.6) is 5.75 Å². The summed E-state index contributed by atoms with van der Waals surface area (Å²) in [5.74, 6) is 1.63. The van der Waals surface area contributed by atoms with E-state index >= 15 is 0 Å². The fourth-order valence-corrected chi connectivity index (χ4v) is 6.22. The molecule has 0 bridgehead atoms. The smallest absolute Gasteiger partial charge is 0.245 e. The molecule has 1 aromatic rings. The van der Waals surface area contributed by atoms with Crippen LogP contribution in [0.3, 0.4) is 0 Å². The van der Waals surface area contributed by atoms with Gasteiger partial charge in [0.1, 0.15) is 17.4 Å². The molecular weight excluding hydrogens is 392 g/mol. The van der Waals surface area contributed by atoms with Crippen molar-refractivity contribution in [2.75, 3.05) is 19.6 Å². The fourth-order valence-electron chi connectivity index (χ4n) is 6.22. The van der Waals surface area contributed by atoms with E-state index in [9.17, 15) is 9.59 Å². The number of benzene rings is 1. The minimum absolute atomic E-state index is 0.00424. The highest BCUT2D eigenvalue weighted by molar-refractivity contribution is 5.87. The van der Waals surface area contributed by atoms with Crippen LogP contribution in [0, 0.1) is 18.8 Å². The molecule has 2 amide bonds. The summed E-state index contributed by atoms with van der Waals surface area (Å²) in [4.78, 5) is 28.9. The van der Waals surface area contributed by atoms with E-state index in [-0.39, 0.29) is 41.6 Å². The lowest BCUT2D eigenvalue weighted by Gasteiger charge is -2.53. The summed E-state index contributed by atoms with van der Waals surface area (Å²) in [6.07, 6.45) is 3.75. The Kier molecular flexibility index (Phi) is 5.04. The highest BCUT2D eigenvalue weighted by atomic mass is 16.5. The third-order valence-electron chi connectivity index (χ3n) is 7.90. The average Bonchev–Trinajstić information content (AvgIpc) is 3.21. The van der Waals surface area contributed by atoms with E-state index in [1.807, 2.05) is 4.90 Å². The summed E-state index contributed by atoms with van der Waals surface area (Å²) >= 11 is 0. The van der Waals surface area contributed by atoms with Crippen LogP contribution in [0.1, 0.15) is 63.7 Å². The fraction of sp³-hybridized carbons (Fsp3) is 0.680. The molecule has 0 radical (unpaired) electrons. The topological polar surface area (TPSA) is 59.1 Å². The van der Waals surface area contributed by atoms with E-state index in [0.717, 1.165) is 37.0 Å². The molecule has 4 aliphatic heterocycles. The predicted molar refractivity (Wildman–Crippen MR) is 117 cm³/mol. The Bertz CT molecular complexity index is 898. The van der Waals surface area contributed by atoms with E-state index in [1.54, 1.807) is 11.8 Å². The molecule has 3 saturated heterocycles. The van der Waals surface area contributed by atoms with Crippen molar-refractivity contribution in [2.45, 2.75) is 77.2 Å². The SMILES string of the molecule is CC(=O)N1CCC[C@@H]1C(=O)N1CC[C@H]2O[C@H]3c4ccc(C)cc4OC(C)(C)[C@@H]3C[C@H]2C1. The summed E-state index contributed by atoms with van der Waals surface area (Å²) in [7, 11) is 0. The maximum absolute atomic E-state index is 13.3. The minimum Gasteiger partial charge on any atom is -0.487 e. The van der Waals surface area contributed by atoms with Gasteiger partial charge in [-0.1, -0.05) is 12.1 Å². The first-order valence-corrected chi connectivity index (χ1v) is 11.8. The highest BCUT2D eigenvalue weighted by Crippen LogP contribution is 2.53. The number of carbonyl (C=O) groups excluding carboxylic acids is 2. The number of hydrogen-bond donors (Lipinski definition) is 0. The molecule has 3 fully saturated rings. The van der Waals surface area contributed by atoms with Gasteiger partial charge in [-0.15, -0.1) is 0 Å². The monoisotopic (exact) mass is 426 g/mol. The molecule has 0 aromatic heterocycles. The third kappa shape index (κ3) is 3.53. The van der Waals surface area contributed by atoms with Crippen molar-refractivity contribution >= 4 is 11.8 Å². The average molecular weight is 427 g/mol. The number of piperidine rings is 1. The van der Waals surface area contributed by atoms with Gasteiger partial charge in [-0.25, -0.2) is 0 Å². The van der Waals surface area contributed by atoms with Crippen molar-refractivity contribution in [3.8, 4) is 5.75 Å². The Hall–Kier alpha value is -2.08. The quantitative estimate of drug-likeness (QED) is 0.690. The Morgan fingerprint density at radius 3 is 2.74 bits per heavy atom. The molecule has 5 rings (SSSR count). The van der Waals surface area contributed by atoms with E-state index in [4.69, 9.17) is 9.47 Å². The van der Waals surface area contributed by atoms with Gasteiger partial charge in [-0.3, -0.25) is 9.59 Å². The van der Waals surface area contributed by atoms with Gasteiger partial charge in [-0.05, 0) is 58.1 Å². The molecule has 6 heteroatoms. The standard InChI is InChI=1S/C25H34N2O4/c1-15-7-8-18-22(12-15)31-25(3,4)19-13-17-14-26(11-9-21(17)30-23(18)19)24(29)20-6-5-10-27(20)16(2)28/h7-8,12,17,19-21,23H,5-6,9-11,13-14H2,1-4H3/t17-,19+,20+,21+,23-/m0/s1. The molecule has 4 heterocycles. The lowest BCUT2D eigenvalue weighted by atomic mass is 9.70. The van der Waals surface area contributed by atoms with Crippen molar-refractivity contribution in [1.29, 1.82) is 0 Å². The first kappa shape index (κ1) is 20.8. The largest absolute Gasteiger partial charge is 0.487 e. The number of hydrogen-bond acceptors (Lipinski definition) is 4. The van der Waals surface area contributed by atoms with Crippen LogP contribution in [0.15, 0.2) is 18.2 Å². The lowest BCUT2D eigenvalue weighted by Crippen LogP contribution is -2.57. The van der Waals surface area contributed by atoms with E-state index in [0.29, 0.717) is 25.6 Å². The second-order valence-electron chi connectivity index (χ2n) is 10.4. The molecule has 0 N–H and O–H groups in total. The molecule has 0 aliphatic carbocycles. The molecular formula is C25H34N2O4. The number of likely N-dealkylation sites (tertiary alicyclic amines) is 2. The molecule has 0 unspecified atom stereocenters. The van der Waals surface area contributed by atoms with Gasteiger partial charge < -0.3 is 19.3 Å². The summed E-state index contributed by atoms with van der Waals surface area (Å²) in [6, 6.07) is 6.13. The number of aryl methyl sites for hydroxylation is 1. The van der Waals surface area contributed by atoms with E-state index in [2.05, 4.69) is 39.0 Å². The zero-order valence-corrected chi connectivity index (χ0v) is 19.1. The first-order valence-electron chi connectivity index (χ1n) is 11.8. The molecule has 6 nitrogen and oxygen atoms in total. The summed E-state index contributed by atoms with van der Waals surface area (Å²) in [5, 5.41) is 0. The van der Waals surface area contributed by atoms with Crippen LogP contribution in [0.2, 0.25) is 0 Å². The van der Waals surface area contributed by atoms with Crippen LogP contribution in [-0.4, -0.2) is 59.0 Å². The van der Waals surface area contributed by atoms with Gasteiger partial charge in [0.15, 0.2) is 0 Å². The predicted octanol–water partition coefficient (Wildman–Crippen LogP) is 3.47. The first-order chi connectivity index (χ1) is 14.7. The Morgan fingerprint density at radius 2 is 1.97 bits per heavy atom. The Morgan fingerprint density at radius 1 is 1.16 bits per heavy atom. The number of rotatable bonds is 1. The van der Waals surface area contributed by atoms with Crippen molar-refractivity contribution in [2.24, 2.45) is 11.8 Å². The van der Waals surface area contributed by atoms with Gasteiger partial charge in [-0.2, -0.15) is 0 Å². The molecule has 31 heavy (non-hydrogen) atoms. The maximum atomic E-state index is 13.3. The third-order valence-corrected chi connectivity index (χ3v) is 7.90. The van der Waals surface area contributed by atoms with Crippen LogP contribution >= 0.6 is 0 Å². The van der Waals surface area contributed by atoms with E-state index < -0.39 is 0 Å². The molecule has 168 valence electrons. The van der Waals surface area contributed by atoms with Gasteiger partial charge in [0.25, 0.3) is 0 Å². The second-order valence-corrected chi connectivity index (χ2v) is 10.4. The number of fused-ring (bicyclic) bond motifs is 4. The van der Waals surface area contributed by atoms with Crippen LogP contribution in [0.25, 0.3) is 0 Å². The van der Waals surface area contributed by atoms with Crippen LogP contribution < -0.4 is 4.74 Å². The maximum Gasteiger partial charge on any atom is 0.245 e. The molecule has 0 saturated carbocycles. The van der Waals surface area contributed by atoms with E-state index in [1.165, 1.54) is 5.56 Å². The van der Waals surface area contributed by atoms with Crippen molar-refractivity contribution in [3.63, 3.8) is 0 Å². The number of nitrogens with zero attached hydrogens (tertiary/aromatic N) is 2. The highest BCUT2D eigenvalue weighted by Gasteiger charge is 2.52. The molecule has 5 atom stereocenters. The van der Waals surface area contributed by atoms with Gasteiger partial charge in [0, 0.05) is 44.0 Å². The van der Waals surface area contributed by atoms with Crippen LogP contribution in [-0.2, 0) is 14.3 Å². The number of ether oxygens (including phenoxy) is 2. The summed E-state index contributed by atoms with van der Waals surface area (Å²) in [5.41, 5.74) is 2.04. The van der Waals surface area contributed by atoms with Crippen molar-refractivity contribution in [1.82, 2.24) is 9.80 Å². The Labute approximate surface area is 184 Å². The Balaban J connectivity index is 1.34. The lowest BCUT2D eigenvalue weighted by molar-refractivity contribution is -0.189. The summed E-state index contributed by atoms with van der Waals surface area (Å²) in [6.45, 7) is 10.1. The second kappa shape index (κ2) is 7.51. The van der Waals surface area contributed by atoms with Gasteiger partial charge >= 0.3 is 0 Å². The number of carbonyl (C=O) groups is 2. The molecule has 4 aliphatic rings. The zero-order valence-electron chi connectivity index (χ0n) is 19.1.